The standard InChI is InChI=1S/C27H35N3O4/c1-5-33-23-13-12-21(18-24(23)34-6-2)27(19(3)4)28-25(31)14-15-26(32)30-17-16-22(29-30)20-10-8-7-9-11-20/h7-13,18-19,27H,5-6,14-17H2,1-4H3,(H,28,31). The zero-order valence-corrected chi connectivity index (χ0v) is 20.5. The molecule has 0 aromatic heterocycles. The highest BCUT2D eigenvalue weighted by Gasteiger charge is 2.24. The molecule has 1 unspecified atom stereocenters. The van der Waals surface area contributed by atoms with Crippen LogP contribution in [0.3, 0.4) is 0 Å². The second-order valence-electron chi connectivity index (χ2n) is 8.54. The summed E-state index contributed by atoms with van der Waals surface area (Å²) < 4.78 is 11.4. The Morgan fingerprint density at radius 3 is 2.38 bits per heavy atom. The summed E-state index contributed by atoms with van der Waals surface area (Å²) in [6.45, 7) is 9.58. The van der Waals surface area contributed by atoms with E-state index in [-0.39, 0.29) is 36.6 Å². The molecule has 3 rings (SSSR count). The van der Waals surface area contributed by atoms with Crippen LogP contribution >= 0.6 is 0 Å². The molecule has 2 aromatic rings. The molecule has 0 fully saturated rings. The van der Waals surface area contributed by atoms with Gasteiger partial charge in [0.05, 0.1) is 31.5 Å². The molecule has 0 saturated heterocycles. The Hall–Kier alpha value is -3.35. The molecule has 0 bridgehead atoms. The lowest BCUT2D eigenvalue weighted by atomic mass is 9.95. The normalized spacial score (nSPS) is 14.0. The lowest BCUT2D eigenvalue weighted by Gasteiger charge is -2.24. The third-order valence-corrected chi connectivity index (χ3v) is 5.67. The lowest BCUT2D eigenvalue weighted by Crippen LogP contribution is -2.33. The fraction of sp³-hybridized carbons (Fsp3) is 0.444. The summed E-state index contributed by atoms with van der Waals surface area (Å²) in [5.41, 5.74) is 2.87. The number of benzene rings is 2. The second-order valence-corrected chi connectivity index (χ2v) is 8.54. The first-order chi connectivity index (χ1) is 16.4. The fourth-order valence-electron chi connectivity index (χ4n) is 3.96. The number of amides is 2. The fourth-order valence-corrected chi connectivity index (χ4v) is 3.96. The minimum Gasteiger partial charge on any atom is -0.490 e. The highest BCUT2D eigenvalue weighted by molar-refractivity contribution is 6.02. The molecule has 0 aliphatic carbocycles. The first kappa shape index (κ1) is 25.3. The Balaban J connectivity index is 1.60. The van der Waals surface area contributed by atoms with Gasteiger partial charge in [-0.15, -0.1) is 0 Å². The number of carbonyl (C=O) groups is 2. The Bertz CT molecular complexity index is 1000. The van der Waals surface area contributed by atoms with E-state index in [1.54, 1.807) is 0 Å². The van der Waals surface area contributed by atoms with E-state index in [9.17, 15) is 9.59 Å². The Labute approximate surface area is 202 Å². The van der Waals surface area contributed by atoms with E-state index in [2.05, 4.69) is 24.3 Å². The van der Waals surface area contributed by atoms with Crippen molar-refractivity contribution >= 4 is 17.5 Å². The first-order valence-corrected chi connectivity index (χ1v) is 12.0. The average molecular weight is 466 g/mol. The smallest absolute Gasteiger partial charge is 0.243 e. The van der Waals surface area contributed by atoms with Gasteiger partial charge in [-0.25, -0.2) is 5.01 Å². The van der Waals surface area contributed by atoms with Crippen LogP contribution in [0.5, 0.6) is 11.5 Å². The van der Waals surface area contributed by atoms with E-state index < -0.39 is 0 Å². The molecule has 7 heteroatoms. The first-order valence-electron chi connectivity index (χ1n) is 12.0. The van der Waals surface area contributed by atoms with Crippen LogP contribution in [-0.2, 0) is 9.59 Å². The molecule has 1 atom stereocenters. The molecule has 1 N–H and O–H groups in total. The summed E-state index contributed by atoms with van der Waals surface area (Å²) >= 11 is 0. The van der Waals surface area contributed by atoms with Gasteiger partial charge in [0.1, 0.15) is 0 Å². The Kier molecular flexibility index (Phi) is 9.08. The maximum absolute atomic E-state index is 12.7. The summed E-state index contributed by atoms with van der Waals surface area (Å²) in [7, 11) is 0. The number of hydrazone groups is 1. The van der Waals surface area contributed by atoms with Gasteiger partial charge in [0, 0.05) is 19.3 Å². The Morgan fingerprint density at radius 2 is 1.71 bits per heavy atom. The van der Waals surface area contributed by atoms with Crippen molar-refractivity contribution in [1.29, 1.82) is 0 Å². The molecule has 2 aromatic carbocycles. The summed E-state index contributed by atoms with van der Waals surface area (Å²) in [5.74, 6) is 1.21. The molecule has 0 spiro atoms. The van der Waals surface area contributed by atoms with Crippen molar-refractivity contribution in [3.63, 3.8) is 0 Å². The van der Waals surface area contributed by atoms with Crippen molar-refractivity contribution in [3.8, 4) is 11.5 Å². The van der Waals surface area contributed by atoms with Crippen molar-refractivity contribution in [2.45, 2.75) is 53.0 Å². The van der Waals surface area contributed by atoms with Gasteiger partial charge in [0.2, 0.25) is 11.8 Å². The highest BCUT2D eigenvalue weighted by atomic mass is 16.5. The minimum atomic E-state index is -0.202. The molecular weight excluding hydrogens is 430 g/mol. The number of nitrogens with one attached hydrogen (secondary N) is 1. The van der Waals surface area contributed by atoms with E-state index in [1.165, 1.54) is 5.01 Å². The van der Waals surface area contributed by atoms with E-state index in [0.717, 1.165) is 23.3 Å². The average Bonchev–Trinajstić information content (AvgIpc) is 3.33. The van der Waals surface area contributed by atoms with Gasteiger partial charge < -0.3 is 14.8 Å². The van der Waals surface area contributed by atoms with Crippen LogP contribution in [0.1, 0.15) is 64.1 Å². The SMILES string of the molecule is CCOc1ccc(C(NC(=O)CCC(=O)N2CCC(c3ccccc3)=N2)C(C)C)cc1OCC. The van der Waals surface area contributed by atoms with E-state index in [0.29, 0.717) is 31.3 Å². The summed E-state index contributed by atoms with van der Waals surface area (Å²) in [5, 5.41) is 9.04. The van der Waals surface area contributed by atoms with Crippen molar-refractivity contribution in [3.05, 3.63) is 59.7 Å². The summed E-state index contributed by atoms with van der Waals surface area (Å²) in [6, 6.07) is 15.4. The zero-order chi connectivity index (χ0) is 24.5. The van der Waals surface area contributed by atoms with Crippen molar-refractivity contribution in [2.75, 3.05) is 19.8 Å². The van der Waals surface area contributed by atoms with Crippen LogP contribution in [0.25, 0.3) is 0 Å². The van der Waals surface area contributed by atoms with Gasteiger partial charge in [-0.1, -0.05) is 50.2 Å². The van der Waals surface area contributed by atoms with Crippen molar-refractivity contribution < 1.29 is 19.1 Å². The van der Waals surface area contributed by atoms with Crippen LogP contribution < -0.4 is 14.8 Å². The maximum atomic E-state index is 12.7. The maximum Gasteiger partial charge on any atom is 0.243 e. The van der Waals surface area contributed by atoms with Crippen molar-refractivity contribution in [1.82, 2.24) is 10.3 Å². The predicted octanol–water partition coefficient (Wildman–Crippen LogP) is 4.71. The zero-order valence-electron chi connectivity index (χ0n) is 20.5. The number of carbonyl (C=O) groups excluding carboxylic acids is 2. The van der Waals surface area contributed by atoms with Gasteiger partial charge >= 0.3 is 0 Å². The molecule has 7 nitrogen and oxygen atoms in total. The number of ether oxygens (including phenoxy) is 2. The number of rotatable bonds is 11. The molecule has 34 heavy (non-hydrogen) atoms. The third-order valence-electron chi connectivity index (χ3n) is 5.67. The third kappa shape index (κ3) is 6.59. The quantitative estimate of drug-likeness (QED) is 0.521. The van der Waals surface area contributed by atoms with Crippen LogP contribution in [0.2, 0.25) is 0 Å². The summed E-state index contributed by atoms with van der Waals surface area (Å²) in [6.07, 6.45) is 0.955. The number of nitrogens with zero attached hydrogens (tertiary/aromatic N) is 2. The Morgan fingerprint density at radius 1 is 1.00 bits per heavy atom. The van der Waals surface area contributed by atoms with Gasteiger partial charge in [0.25, 0.3) is 0 Å². The predicted molar refractivity (Wildman–Crippen MR) is 133 cm³/mol. The number of hydrogen-bond donors (Lipinski definition) is 1. The molecular formula is C27H35N3O4. The molecule has 2 amide bonds. The van der Waals surface area contributed by atoms with Crippen molar-refractivity contribution in [2.24, 2.45) is 11.0 Å². The van der Waals surface area contributed by atoms with Crippen LogP contribution in [0.15, 0.2) is 53.6 Å². The lowest BCUT2D eigenvalue weighted by molar-refractivity contribution is -0.133. The molecule has 0 saturated carbocycles. The van der Waals surface area contributed by atoms with E-state index >= 15 is 0 Å². The van der Waals surface area contributed by atoms with Gasteiger partial charge in [-0.3, -0.25) is 9.59 Å². The minimum absolute atomic E-state index is 0.115. The number of hydrogen-bond acceptors (Lipinski definition) is 5. The molecule has 1 heterocycles. The second kappa shape index (κ2) is 12.2. The molecule has 1 aliphatic heterocycles. The highest BCUT2D eigenvalue weighted by Crippen LogP contribution is 2.33. The molecule has 0 radical (unpaired) electrons. The molecule has 182 valence electrons. The van der Waals surface area contributed by atoms with Crippen LogP contribution in [-0.4, -0.2) is 42.3 Å². The molecule has 1 aliphatic rings. The van der Waals surface area contributed by atoms with Gasteiger partial charge in [0.15, 0.2) is 11.5 Å². The summed E-state index contributed by atoms with van der Waals surface area (Å²) in [4.78, 5) is 25.4. The van der Waals surface area contributed by atoms with E-state index in [1.807, 2.05) is 62.4 Å². The van der Waals surface area contributed by atoms with Gasteiger partial charge in [-0.05, 0) is 43.0 Å². The van der Waals surface area contributed by atoms with Crippen LogP contribution in [0, 0.1) is 5.92 Å². The van der Waals surface area contributed by atoms with E-state index in [4.69, 9.17) is 9.47 Å². The van der Waals surface area contributed by atoms with Gasteiger partial charge in [-0.2, -0.15) is 5.10 Å². The monoisotopic (exact) mass is 465 g/mol. The largest absolute Gasteiger partial charge is 0.490 e. The van der Waals surface area contributed by atoms with Crippen LogP contribution in [0.4, 0.5) is 0 Å². The topological polar surface area (TPSA) is 80.2 Å².